The van der Waals surface area contributed by atoms with Crippen LogP contribution in [0.5, 0.6) is 0 Å². The number of hydrogen-bond acceptors (Lipinski definition) is 4. The number of amides is 1. The van der Waals surface area contributed by atoms with Crippen molar-refractivity contribution in [2.24, 2.45) is 17.8 Å². The van der Waals surface area contributed by atoms with Gasteiger partial charge in [0.25, 0.3) is 0 Å². The van der Waals surface area contributed by atoms with E-state index >= 15 is 0 Å². The summed E-state index contributed by atoms with van der Waals surface area (Å²) < 4.78 is 23.7. The Bertz CT molecular complexity index is 685. The minimum atomic E-state index is -3.38. The van der Waals surface area contributed by atoms with Crippen molar-refractivity contribution in [2.75, 3.05) is 11.1 Å². The SMILES string of the molecule is O=C(Nc1ccccc1)C1C(C(=O)O)[C@H]2[C@@H]1CCS2(=O)=O. The van der Waals surface area contributed by atoms with Crippen LogP contribution in [0.15, 0.2) is 30.3 Å². The largest absolute Gasteiger partial charge is 0.481 e. The van der Waals surface area contributed by atoms with Crippen LogP contribution in [0.1, 0.15) is 6.42 Å². The molecular weight excluding hydrogens is 294 g/mol. The Balaban J connectivity index is 1.82. The van der Waals surface area contributed by atoms with Crippen LogP contribution in [-0.4, -0.2) is 36.4 Å². The number of para-hydroxylation sites is 1. The number of benzene rings is 1. The molecule has 1 aliphatic carbocycles. The third kappa shape index (κ3) is 2.21. The number of nitrogens with one attached hydrogen (secondary N) is 1. The van der Waals surface area contributed by atoms with Gasteiger partial charge in [0.15, 0.2) is 9.84 Å². The van der Waals surface area contributed by atoms with Crippen molar-refractivity contribution in [3.05, 3.63) is 30.3 Å². The maximum absolute atomic E-state index is 12.3. The smallest absolute Gasteiger partial charge is 0.308 e. The van der Waals surface area contributed by atoms with Gasteiger partial charge < -0.3 is 10.4 Å². The van der Waals surface area contributed by atoms with Crippen LogP contribution in [0.2, 0.25) is 0 Å². The Morgan fingerprint density at radius 2 is 1.81 bits per heavy atom. The standard InChI is InChI=1S/C14H15NO5S/c16-13(15-8-4-2-1-3-5-8)10-9-6-7-21(19,20)12(9)11(10)14(17)18/h1-5,9-12H,6-7H2,(H,15,16)(H,17,18)/t9-,10?,11?,12-/m1/s1. The summed E-state index contributed by atoms with van der Waals surface area (Å²) in [5.74, 6) is -3.93. The molecule has 1 saturated carbocycles. The normalized spacial score (nSPS) is 32.8. The predicted molar refractivity (Wildman–Crippen MR) is 75.4 cm³/mol. The average molecular weight is 309 g/mol. The second-order valence-electron chi connectivity index (χ2n) is 5.53. The van der Waals surface area contributed by atoms with E-state index in [1.54, 1.807) is 30.3 Å². The minimum Gasteiger partial charge on any atom is -0.481 e. The van der Waals surface area contributed by atoms with Gasteiger partial charge >= 0.3 is 5.97 Å². The third-order valence-corrected chi connectivity index (χ3v) is 6.68. The highest BCUT2D eigenvalue weighted by Gasteiger charge is 2.65. The Kier molecular flexibility index (Phi) is 3.24. The number of carbonyl (C=O) groups is 2. The van der Waals surface area contributed by atoms with E-state index in [1.807, 2.05) is 0 Å². The molecule has 6 nitrogen and oxygen atoms in total. The third-order valence-electron chi connectivity index (χ3n) is 4.40. The number of carboxylic acid groups (broad SMARTS) is 1. The summed E-state index contributed by atoms with van der Waals surface area (Å²) in [7, 11) is -3.38. The van der Waals surface area contributed by atoms with E-state index in [2.05, 4.69) is 5.32 Å². The molecule has 2 N–H and O–H groups in total. The van der Waals surface area contributed by atoms with Gasteiger partial charge in [-0.05, 0) is 24.5 Å². The van der Waals surface area contributed by atoms with Crippen molar-refractivity contribution in [2.45, 2.75) is 11.7 Å². The summed E-state index contributed by atoms with van der Waals surface area (Å²) in [6.45, 7) is 0. The number of aliphatic carboxylic acids is 1. The highest BCUT2D eigenvalue weighted by atomic mass is 32.2. The molecule has 0 radical (unpaired) electrons. The molecule has 21 heavy (non-hydrogen) atoms. The number of carbonyl (C=O) groups excluding carboxylic acids is 1. The molecule has 112 valence electrons. The van der Waals surface area contributed by atoms with Crippen LogP contribution in [0.25, 0.3) is 0 Å². The van der Waals surface area contributed by atoms with E-state index in [0.717, 1.165) is 0 Å². The van der Waals surface area contributed by atoms with Crippen LogP contribution >= 0.6 is 0 Å². The monoisotopic (exact) mass is 309 g/mol. The molecule has 0 bridgehead atoms. The molecule has 0 aromatic heterocycles. The summed E-state index contributed by atoms with van der Waals surface area (Å²) in [5.41, 5.74) is 0.580. The second-order valence-corrected chi connectivity index (χ2v) is 7.81. The molecule has 1 amide bonds. The molecule has 1 aliphatic heterocycles. The van der Waals surface area contributed by atoms with Crippen molar-refractivity contribution in [3.8, 4) is 0 Å². The van der Waals surface area contributed by atoms with Gasteiger partial charge in [-0.3, -0.25) is 9.59 Å². The molecule has 1 aromatic carbocycles. The van der Waals surface area contributed by atoms with Gasteiger partial charge in [0.05, 0.1) is 22.8 Å². The lowest BCUT2D eigenvalue weighted by molar-refractivity contribution is -0.154. The molecule has 2 fully saturated rings. The van der Waals surface area contributed by atoms with Gasteiger partial charge in [-0.15, -0.1) is 0 Å². The van der Waals surface area contributed by atoms with Crippen LogP contribution in [0.4, 0.5) is 5.69 Å². The number of rotatable bonds is 3. The maximum atomic E-state index is 12.3. The Labute approximate surface area is 122 Å². The Morgan fingerprint density at radius 3 is 2.43 bits per heavy atom. The molecular formula is C14H15NO5S. The summed E-state index contributed by atoms with van der Waals surface area (Å²) in [6.07, 6.45) is 0.365. The number of carboxylic acids is 1. The lowest BCUT2D eigenvalue weighted by Crippen LogP contribution is -2.58. The van der Waals surface area contributed by atoms with Crippen molar-refractivity contribution in [1.82, 2.24) is 0 Å². The molecule has 2 unspecified atom stereocenters. The highest BCUT2D eigenvalue weighted by Crippen LogP contribution is 2.52. The van der Waals surface area contributed by atoms with Gasteiger partial charge in [-0.1, -0.05) is 18.2 Å². The van der Waals surface area contributed by atoms with Crippen molar-refractivity contribution in [3.63, 3.8) is 0 Å². The fourth-order valence-electron chi connectivity index (χ4n) is 3.46. The molecule has 1 aromatic rings. The van der Waals surface area contributed by atoms with Gasteiger partial charge in [0.2, 0.25) is 5.91 Å². The Hall–Kier alpha value is -1.89. The lowest BCUT2D eigenvalue weighted by atomic mass is 9.63. The minimum absolute atomic E-state index is 0.0266. The van der Waals surface area contributed by atoms with E-state index in [0.29, 0.717) is 12.1 Å². The number of fused-ring (bicyclic) bond motifs is 1. The van der Waals surface area contributed by atoms with Crippen molar-refractivity contribution < 1.29 is 23.1 Å². The molecule has 1 saturated heterocycles. The zero-order valence-electron chi connectivity index (χ0n) is 11.1. The molecule has 3 rings (SSSR count). The van der Waals surface area contributed by atoms with Crippen molar-refractivity contribution >= 4 is 27.4 Å². The van der Waals surface area contributed by atoms with E-state index in [-0.39, 0.29) is 11.7 Å². The topological polar surface area (TPSA) is 101 Å². The van der Waals surface area contributed by atoms with Crippen LogP contribution < -0.4 is 5.32 Å². The first kappa shape index (κ1) is 14.1. The van der Waals surface area contributed by atoms with Gasteiger partial charge in [-0.2, -0.15) is 0 Å². The zero-order chi connectivity index (χ0) is 15.2. The first-order valence-corrected chi connectivity index (χ1v) is 8.43. The van der Waals surface area contributed by atoms with E-state index in [9.17, 15) is 23.1 Å². The number of sulfone groups is 1. The van der Waals surface area contributed by atoms with Gasteiger partial charge in [0.1, 0.15) is 0 Å². The van der Waals surface area contributed by atoms with Gasteiger partial charge in [0, 0.05) is 5.69 Å². The first-order valence-electron chi connectivity index (χ1n) is 6.72. The second kappa shape index (κ2) is 4.84. The first-order chi connectivity index (χ1) is 9.92. The molecule has 1 heterocycles. The number of anilines is 1. The lowest BCUT2D eigenvalue weighted by Gasteiger charge is -2.43. The van der Waals surface area contributed by atoms with Crippen LogP contribution in [0.3, 0.4) is 0 Å². The fraction of sp³-hybridized carbons (Fsp3) is 0.429. The highest BCUT2D eigenvalue weighted by molar-refractivity contribution is 7.92. The van der Waals surface area contributed by atoms with Gasteiger partial charge in [-0.25, -0.2) is 8.42 Å². The predicted octanol–water partition coefficient (Wildman–Crippen LogP) is 0.759. The average Bonchev–Trinajstić information content (AvgIpc) is 2.61. The summed E-state index contributed by atoms with van der Waals surface area (Å²) in [4.78, 5) is 23.6. The van der Waals surface area contributed by atoms with E-state index in [4.69, 9.17) is 0 Å². The quantitative estimate of drug-likeness (QED) is 0.858. The zero-order valence-corrected chi connectivity index (χ0v) is 11.9. The fourth-order valence-corrected chi connectivity index (χ4v) is 5.91. The Morgan fingerprint density at radius 1 is 1.14 bits per heavy atom. The van der Waals surface area contributed by atoms with E-state index in [1.165, 1.54) is 0 Å². The summed E-state index contributed by atoms with van der Waals surface area (Å²) in [5, 5.41) is 11.0. The number of hydrogen-bond donors (Lipinski definition) is 2. The molecule has 4 atom stereocenters. The van der Waals surface area contributed by atoms with Crippen LogP contribution in [0, 0.1) is 17.8 Å². The molecule has 2 aliphatic rings. The van der Waals surface area contributed by atoms with Crippen LogP contribution in [-0.2, 0) is 19.4 Å². The summed E-state index contributed by atoms with van der Waals surface area (Å²) >= 11 is 0. The molecule has 7 heteroatoms. The maximum Gasteiger partial charge on any atom is 0.308 e. The van der Waals surface area contributed by atoms with Crippen molar-refractivity contribution in [1.29, 1.82) is 0 Å². The summed E-state index contributed by atoms with van der Waals surface area (Å²) in [6, 6.07) is 8.73. The molecule has 0 spiro atoms. The van der Waals surface area contributed by atoms with E-state index < -0.39 is 38.8 Å².